The summed E-state index contributed by atoms with van der Waals surface area (Å²) < 4.78 is 107. The van der Waals surface area contributed by atoms with Crippen molar-refractivity contribution in [3.63, 3.8) is 0 Å². The Balaban J connectivity index is 1.68. The highest BCUT2D eigenvalue weighted by molar-refractivity contribution is 7.91. The van der Waals surface area contributed by atoms with Crippen molar-refractivity contribution in [2.45, 2.75) is 34.6 Å². The average Bonchev–Trinajstić information content (AvgIpc) is 3.38. The first-order valence-electron chi connectivity index (χ1n) is 11.1. The molecule has 3 aromatic rings. The number of sulfonamides is 1. The highest BCUT2D eigenvalue weighted by Crippen LogP contribution is 2.50. The summed E-state index contributed by atoms with van der Waals surface area (Å²) in [5.74, 6) is 0. The van der Waals surface area contributed by atoms with Crippen molar-refractivity contribution in [1.29, 1.82) is 0 Å². The molecule has 0 saturated carbocycles. The Morgan fingerprint density at radius 2 is 1.66 bits per heavy atom. The Kier molecular flexibility index (Phi) is 7.42. The van der Waals surface area contributed by atoms with Crippen LogP contribution in [0.3, 0.4) is 0 Å². The van der Waals surface area contributed by atoms with Gasteiger partial charge in [-0.3, -0.25) is 4.79 Å². The van der Waals surface area contributed by atoms with Gasteiger partial charge in [0.1, 0.15) is 4.21 Å². The number of halogens is 6. The number of benzene rings is 1. The fourth-order valence-electron chi connectivity index (χ4n) is 4.37. The van der Waals surface area contributed by atoms with Gasteiger partial charge >= 0.3 is 12.4 Å². The van der Waals surface area contributed by atoms with E-state index in [1.165, 1.54) is 22.6 Å². The average molecular weight is 582 g/mol. The van der Waals surface area contributed by atoms with Crippen LogP contribution in [0.5, 0.6) is 0 Å². The molecule has 0 spiro atoms. The van der Waals surface area contributed by atoms with Crippen LogP contribution in [-0.2, 0) is 22.0 Å². The van der Waals surface area contributed by atoms with Crippen LogP contribution in [-0.4, -0.2) is 60.8 Å². The molecule has 38 heavy (non-hydrogen) atoms. The third-order valence-electron chi connectivity index (χ3n) is 6.28. The molecule has 1 saturated heterocycles. The van der Waals surface area contributed by atoms with Crippen LogP contribution in [0.2, 0.25) is 0 Å². The van der Waals surface area contributed by atoms with Crippen molar-refractivity contribution in [1.82, 2.24) is 9.29 Å². The zero-order valence-electron chi connectivity index (χ0n) is 19.3. The number of alkyl halides is 6. The van der Waals surface area contributed by atoms with Crippen molar-refractivity contribution >= 4 is 27.0 Å². The van der Waals surface area contributed by atoms with Crippen LogP contribution in [0.25, 0.3) is 0 Å². The maximum absolute atomic E-state index is 13.3. The van der Waals surface area contributed by atoms with Crippen molar-refractivity contribution in [3.05, 3.63) is 81.6 Å². The molecule has 4 rings (SSSR count). The standard InChI is InChI=1S/C23H21F6N3O4S2/c24-22(25,26)21(34,23(27,28)29)16-3-5-17(6-4-16)32-10-9-31(38(35,36)20-2-1-11-37-20)14-18(32)12-15-7-8-30-19(33)13-15/h1-8,11,13,18,34H,9-10,12,14H2,(H,30,33). The molecule has 0 bridgehead atoms. The number of aromatic nitrogens is 1. The van der Waals surface area contributed by atoms with Gasteiger partial charge < -0.3 is 15.0 Å². The number of rotatable bonds is 6. The summed E-state index contributed by atoms with van der Waals surface area (Å²) in [6.45, 7) is 0.0212. The van der Waals surface area contributed by atoms with Gasteiger partial charge in [-0.25, -0.2) is 8.42 Å². The summed E-state index contributed by atoms with van der Waals surface area (Å²) in [4.78, 5) is 15.9. The molecule has 1 aromatic carbocycles. The van der Waals surface area contributed by atoms with Crippen molar-refractivity contribution < 1.29 is 39.9 Å². The van der Waals surface area contributed by atoms with Crippen molar-refractivity contribution in [2.24, 2.45) is 0 Å². The van der Waals surface area contributed by atoms with Crippen molar-refractivity contribution in [2.75, 3.05) is 24.5 Å². The molecule has 3 heterocycles. The van der Waals surface area contributed by atoms with Gasteiger partial charge in [0.15, 0.2) is 0 Å². The second-order valence-corrected chi connectivity index (χ2v) is 11.8. The molecule has 1 atom stereocenters. The maximum atomic E-state index is 13.3. The molecule has 15 heteroatoms. The Hall–Kier alpha value is -2.88. The smallest absolute Gasteiger partial charge is 0.369 e. The van der Waals surface area contributed by atoms with E-state index in [-0.39, 0.29) is 36.0 Å². The van der Waals surface area contributed by atoms with E-state index in [1.54, 1.807) is 22.4 Å². The van der Waals surface area contributed by atoms with Crippen LogP contribution in [0, 0.1) is 0 Å². The van der Waals surface area contributed by atoms with Crippen LogP contribution in [0.4, 0.5) is 32.0 Å². The number of H-pyrrole nitrogens is 1. The molecule has 0 radical (unpaired) electrons. The summed E-state index contributed by atoms with van der Waals surface area (Å²) in [5, 5.41) is 11.3. The minimum atomic E-state index is -6.02. The number of anilines is 1. The van der Waals surface area contributed by atoms with E-state index in [0.29, 0.717) is 17.7 Å². The number of thiophene rings is 1. The summed E-state index contributed by atoms with van der Waals surface area (Å²) in [6, 6.07) is 8.51. The van der Waals surface area contributed by atoms with Gasteiger partial charge in [0.05, 0.1) is 0 Å². The molecule has 2 N–H and O–H groups in total. The Morgan fingerprint density at radius 1 is 1.00 bits per heavy atom. The number of nitrogens with one attached hydrogen (secondary N) is 1. The lowest BCUT2D eigenvalue weighted by atomic mass is 9.92. The normalized spacial score (nSPS) is 18.1. The van der Waals surface area contributed by atoms with Gasteiger partial charge in [0.25, 0.3) is 15.6 Å². The predicted octanol–water partition coefficient (Wildman–Crippen LogP) is 3.87. The fraction of sp³-hybridized carbons (Fsp3) is 0.348. The minimum absolute atomic E-state index is 0.00287. The highest BCUT2D eigenvalue weighted by atomic mass is 32.2. The summed E-state index contributed by atoms with van der Waals surface area (Å²) in [5.41, 5.74) is -6.07. The van der Waals surface area contributed by atoms with Gasteiger partial charge in [-0.2, -0.15) is 30.6 Å². The van der Waals surface area contributed by atoms with Crippen LogP contribution in [0.1, 0.15) is 11.1 Å². The topological polar surface area (TPSA) is 93.7 Å². The lowest BCUT2D eigenvalue weighted by Gasteiger charge is -2.42. The van der Waals surface area contributed by atoms with E-state index < -0.39 is 45.1 Å². The molecule has 1 fully saturated rings. The molecule has 206 valence electrons. The molecule has 0 aliphatic carbocycles. The number of hydrogen-bond acceptors (Lipinski definition) is 6. The third kappa shape index (κ3) is 5.19. The molecule has 1 aliphatic heterocycles. The zero-order chi connectivity index (χ0) is 27.9. The molecular weight excluding hydrogens is 560 g/mol. The molecule has 1 aliphatic rings. The van der Waals surface area contributed by atoms with E-state index in [1.807, 2.05) is 0 Å². The third-order valence-corrected chi connectivity index (χ3v) is 9.52. The largest absolute Gasteiger partial charge is 0.430 e. The van der Waals surface area contributed by atoms with E-state index in [4.69, 9.17) is 0 Å². The van der Waals surface area contributed by atoms with E-state index in [2.05, 4.69) is 4.98 Å². The lowest BCUT2D eigenvalue weighted by molar-refractivity contribution is -0.376. The number of pyridine rings is 1. The van der Waals surface area contributed by atoms with Gasteiger partial charge in [-0.05, 0) is 41.6 Å². The summed E-state index contributed by atoms with van der Waals surface area (Å²) >= 11 is 1.04. The lowest BCUT2D eigenvalue weighted by Crippen LogP contribution is -2.55. The van der Waals surface area contributed by atoms with Crippen molar-refractivity contribution in [3.8, 4) is 0 Å². The van der Waals surface area contributed by atoms with E-state index in [0.717, 1.165) is 23.5 Å². The molecule has 1 unspecified atom stereocenters. The molecular formula is C23H21F6N3O4S2. The maximum Gasteiger partial charge on any atom is 0.430 e. The Morgan fingerprint density at radius 3 is 2.21 bits per heavy atom. The van der Waals surface area contributed by atoms with Gasteiger partial charge in [0.2, 0.25) is 5.56 Å². The quantitative estimate of drug-likeness (QED) is 0.432. The second kappa shape index (κ2) is 10.0. The number of piperazine rings is 1. The molecule has 0 amide bonds. The van der Waals surface area contributed by atoms with Crippen LogP contribution in [0.15, 0.2) is 69.1 Å². The van der Waals surface area contributed by atoms with E-state index >= 15 is 0 Å². The zero-order valence-corrected chi connectivity index (χ0v) is 21.0. The fourth-order valence-corrected chi connectivity index (χ4v) is 6.98. The second-order valence-electron chi connectivity index (χ2n) is 8.66. The Labute approximate surface area is 217 Å². The van der Waals surface area contributed by atoms with E-state index in [9.17, 15) is 44.7 Å². The van der Waals surface area contributed by atoms with Gasteiger partial charge in [0, 0.05) is 49.2 Å². The number of aliphatic hydroxyl groups is 1. The summed E-state index contributed by atoms with van der Waals surface area (Å²) in [6.07, 6.45) is -10.5. The first-order valence-corrected chi connectivity index (χ1v) is 13.4. The van der Waals surface area contributed by atoms with Crippen LogP contribution < -0.4 is 10.5 Å². The SMILES string of the molecule is O=c1cc(CC2CN(S(=O)(=O)c3cccs3)CCN2c2ccc(C(O)(C(F)(F)F)C(F)(F)F)cc2)cc[nH]1. The first kappa shape index (κ1) is 28.1. The monoisotopic (exact) mass is 581 g/mol. The van der Waals surface area contributed by atoms with Crippen LogP contribution >= 0.6 is 11.3 Å². The highest BCUT2D eigenvalue weighted by Gasteiger charge is 2.71. The minimum Gasteiger partial charge on any atom is -0.369 e. The first-order chi connectivity index (χ1) is 17.6. The summed E-state index contributed by atoms with van der Waals surface area (Å²) in [7, 11) is -3.84. The molecule has 2 aromatic heterocycles. The van der Waals surface area contributed by atoms with Gasteiger partial charge in [-0.1, -0.05) is 18.2 Å². The Bertz CT molecular complexity index is 1410. The predicted molar refractivity (Wildman–Crippen MR) is 127 cm³/mol. The van der Waals surface area contributed by atoms with Gasteiger partial charge in [-0.15, -0.1) is 11.3 Å². The number of aromatic amines is 1. The molecule has 7 nitrogen and oxygen atoms in total. The number of hydrogen-bond donors (Lipinski definition) is 2. The number of nitrogens with zero attached hydrogens (tertiary/aromatic N) is 2.